The van der Waals surface area contributed by atoms with Crippen LogP contribution in [-0.2, 0) is 12.7 Å². The lowest BCUT2D eigenvalue weighted by Gasteiger charge is -2.11. The maximum atomic E-state index is 12.3. The molecule has 1 atom stereocenters. The van der Waals surface area contributed by atoms with Crippen LogP contribution in [-0.4, -0.2) is 4.57 Å². The number of pyridine rings is 1. The minimum atomic E-state index is -4.48. The summed E-state index contributed by atoms with van der Waals surface area (Å²) in [6.45, 7) is 1.49. The molecule has 86 valence electrons. The third-order valence-corrected chi connectivity index (χ3v) is 2.00. The van der Waals surface area contributed by atoms with Gasteiger partial charge < -0.3 is 4.57 Å². The molecule has 3 nitrogen and oxygen atoms in total. The van der Waals surface area contributed by atoms with E-state index in [1.54, 1.807) is 0 Å². The summed E-state index contributed by atoms with van der Waals surface area (Å²) in [6.07, 6.45) is -3.75. The number of aromatic nitrogens is 1. The van der Waals surface area contributed by atoms with Crippen LogP contribution in [0.4, 0.5) is 13.2 Å². The molecule has 0 fully saturated rings. The van der Waals surface area contributed by atoms with E-state index in [4.69, 9.17) is 5.26 Å². The summed E-state index contributed by atoms with van der Waals surface area (Å²) in [5, 5.41) is 8.53. The zero-order chi connectivity index (χ0) is 12.3. The molecule has 0 aliphatic rings. The molecule has 6 heteroatoms. The fraction of sp³-hybridized carbons (Fsp3) is 0.400. The van der Waals surface area contributed by atoms with Crippen molar-refractivity contribution in [3.05, 3.63) is 34.2 Å². The Morgan fingerprint density at radius 3 is 2.62 bits per heavy atom. The number of alkyl halides is 3. The van der Waals surface area contributed by atoms with Crippen molar-refractivity contribution >= 4 is 0 Å². The third-order valence-electron chi connectivity index (χ3n) is 2.00. The normalized spacial score (nSPS) is 13.2. The Hall–Kier alpha value is -1.77. The van der Waals surface area contributed by atoms with Gasteiger partial charge in [-0.15, -0.1) is 0 Å². The number of hydrogen-bond donors (Lipinski definition) is 0. The summed E-state index contributed by atoms with van der Waals surface area (Å²) in [6, 6.07) is 3.44. The molecule has 0 amide bonds. The van der Waals surface area contributed by atoms with Gasteiger partial charge in [-0.2, -0.15) is 18.4 Å². The van der Waals surface area contributed by atoms with Gasteiger partial charge in [-0.1, -0.05) is 0 Å². The Kier molecular flexibility index (Phi) is 3.38. The van der Waals surface area contributed by atoms with Gasteiger partial charge in [0.2, 0.25) is 0 Å². The molecule has 1 aromatic heterocycles. The molecule has 0 radical (unpaired) electrons. The number of halogens is 3. The van der Waals surface area contributed by atoms with Gasteiger partial charge >= 0.3 is 6.18 Å². The summed E-state index contributed by atoms with van der Waals surface area (Å²) in [5.41, 5.74) is -1.44. The Balaban J connectivity index is 3.11. The van der Waals surface area contributed by atoms with E-state index in [1.165, 1.54) is 6.92 Å². The van der Waals surface area contributed by atoms with E-state index in [0.717, 1.165) is 22.9 Å². The van der Waals surface area contributed by atoms with Crippen molar-refractivity contribution in [3.63, 3.8) is 0 Å². The van der Waals surface area contributed by atoms with E-state index in [0.29, 0.717) is 0 Å². The highest BCUT2D eigenvalue weighted by Gasteiger charge is 2.31. The van der Waals surface area contributed by atoms with E-state index < -0.39 is 23.2 Å². The summed E-state index contributed by atoms with van der Waals surface area (Å²) in [4.78, 5) is 11.2. The first kappa shape index (κ1) is 12.3. The number of hydrogen-bond acceptors (Lipinski definition) is 2. The molecule has 1 aromatic rings. The van der Waals surface area contributed by atoms with E-state index in [-0.39, 0.29) is 6.54 Å². The van der Waals surface area contributed by atoms with Crippen molar-refractivity contribution in [1.82, 2.24) is 4.57 Å². The van der Waals surface area contributed by atoms with Gasteiger partial charge in [0, 0.05) is 18.8 Å². The Morgan fingerprint density at radius 2 is 2.12 bits per heavy atom. The molecule has 0 aliphatic carbocycles. The lowest BCUT2D eigenvalue weighted by Crippen LogP contribution is -2.23. The van der Waals surface area contributed by atoms with E-state index in [1.807, 2.05) is 6.07 Å². The lowest BCUT2D eigenvalue weighted by atomic mass is 10.2. The van der Waals surface area contributed by atoms with Crippen molar-refractivity contribution in [2.45, 2.75) is 19.6 Å². The van der Waals surface area contributed by atoms with Crippen molar-refractivity contribution in [2.75, 3.05) is 0 Å². The highest BCUT2D eigenvalue weighted by Crippen LogP contribution is 2.28. The first-order valence-electron chi connectivity index (χ1n) is 4.52. The Labute approximate surface area is 89.7 Å². The van der Waals surface area contributed by atoms with Gasteiger partial charge in [-0.05, 0) is 13.0 Å². The van der Waals surface area contributed by atoms with Crippen molar-refractivity contribution < 1.29 is 13.2 Å². The highest BCUT2D eigenvalue weighted by atomic mass is 19.4. The highest BCUT2D eigenvalue weighted by molar-refractivity contribution is 5.13. The average molecular weight is 230 g/mol. The maximum absolute atomic E-state index is 12.3. The predicted octanol–water partition coefficient (Wildman–Crippen LogP) is 2.03. The zero-order valence-electron chi connectivity index (χ0n) is 8.45. The van der Waals surface area contributed by atoms with Crippen molar-refractivity contribution in [1.29, 1.82) is 5.26 Å². The molecule has 0 aliphatic heterocycles. The van der Waals surface area contributed by atoms with Gasteiger partial charge in [-0.3, -0.25) is 4.79 Å². The first-order chi connectivity index (χ1) is 7.34. The van der Waals surface area contributed by atoms with Gasteiger partial charge in [0.15, 0.2) is 0 Å². The molecule has 1 unspecified atom stereocenters. The molecular weight excluding hydrogens is 221 g/mol. The van der Waals surface area contributed by atoms with Crippen LogP contribution in [0.3, 0.4) is 0 Å². The molecule has 16 heavy (non-hydrogen) atoms. The molecule has 0 bridgehead atoms. The van der Waals surface area contributed by atoms with Crippen LogP contribution < -0.4 is 5.56 Å². The lowest BCUT2D eigenvalue weighted by molar-refractivity contribution is -0.138. The quantitative estimate of drug-likeness (QED) is 0.780. The summed E-state index contributed by atoms with van der Waals surface area (Å²) >= 11 is 0. The SMILES string of the molecule is CC(C#N)Cn1cc(C(F)(F)F)ccc1=O. The number of nitriles is 1. The second-order valence-electron chi connectivity index (χ2n) is 3.44. The van der Waals surface area contributed by atoms with E-state index in [9.17, 15) is 18.0 Å². The fourth-order valence-corrected chi connectivity index (χ4v) is 1.18. The van der Waals surface area contributed by atoms with Crippen LogP contribution in [0.5, 0.6) is 0 Å². The summed E-state index contributed by atoms with van der Waals surface area (Å²) < 4.78 is 37.9. The standard InChI is InChI=1S/C10H9F3N2O/c1-7(4-14)5-15-6-8(10(11,12)13)2-3-9(15)16/h2-3,6-7H,5H2,1H3. The van der Waals surface area contributed by atoms with Gasteiger partial charge in [-0.25, -0.2) is 0 Å². The fourth-order valence-electron chi connectivity index (χ4n) is 1.18. The maximum Gasteiger partial charge on any atom is 0.417 e. The molecule has 0 saturated carbocycles. The Morgan fingerprint density at radius 1 is 1.50 bits per heavy atom. The van der Waals surface area contributed by atoms with Crippen LogP contribution in [0, 0.1) is 17.2 Å². The zero-order valence-corrected chi connectivity index (χ0v) is 8.45. The van der Waals surface area contributed by atoms with Crippen LogP contribution >= 0.6 is 0 Å². The predicted molar refractivity (Wildman–Crippen MR) is 50.5 cm³/mol. The van der Waals surface area contributed by atoms with Crippen LogP contribution in [0.1, 0.15) is 12.5 Å². The van der Waals surface area contributed by atoms with Crippen LogP contribution in [0.2, 0.25) is 0 Å². The first-order valence-corrected chi connectivity index (χ1v) is 4.52. The molecule has 0 saturated heterocycles. The number of nitrogens with zero attached hydrogens (tertiary/aromatic N) is 2. The molecule has 0 spiro atoms. The van der Waals surface area contributed by atoms with Crippen LogP contribution in [0.15, 0.2) is 23.1 Å². The molecule has 1 rings (SSSR count). The van der Waals surface area contributed by atoms with Crippen molar-refractivity contribution in [3.8, 4) is 6.07 Å². The molecule has 0 aromatic carbocycles. The van der Waals surface area contributed by atoms with Crippen LogP contribution in [0.25, 0.3) is 0 Å². The molecule has 0 N–H and O–H groups in total. The second kappa shape index (κ2) is 4.39. The minimum Gasteiger partial charge on any atom is -0.314 e. The van der Waals surface area contributed by atoms with Gasteiger partial charge in [0.1, 0.15) is 0 Å². The monoisotopic (exact) mass is 230 g/mol. The third kappa shape index (κ3) is 2.86. The summed E-state index contributed by atoms with van der Waals surface area (Å²) in [7, 11) is 0. The average Bonchev–Trinajstić information content (AvgIpc) is 2.19. The smallest absolute Gasteiger partial charge is 0.314 e. The number of rotatable bonds is 2. The summed E-state index contributed by atoms with van der Waals surface area (Å²) in [5.74, 6) is -0.513. The minimum absolute atomic E-state index is 0.0424. The second-order valence-corrected chi connectivity index (χ2v) is 3.44. The molecular formula is C10H9F3N2O. The molecule has 1 heterocycles. The van der Waals surface area contributed by atoms with Crippen molar-refractivity contribution in [2.24, 2.45) is 5.92 Å². The Bertz CT molecular complexity index is 470. The van der Waals surface area contributed by atoms with E-state index >= 15 is 0 Å². The van der Waals surface area contributed by atoms with E-state index in [2.05, 4.69) is 0 Å². The largest absolute Gasteiger partial charge is 0.417 e. The van der Waals surface area contributed by atoms with Gasteiger partial charge in [0.25, 0.3) is 5.56 Å². The van der Waals surface area contributed by atoms with Gasteiger partial charge in [0.05, 0.1) is 17.6 Å². The topological polar surface area (TPSA) is 45.8 Å².